The standard InChI is InChI=1S/C17H16N2O4/c1-9-16(20)19-13-7-10(4-5-15(13)23-9)18-17(21)12-8-11(12)14-3-2-6-22-14/h2-7,9,11-12H,8H2,1H3,(H,18,21)(H,19,20). The van der Waals surface area contributed by atoms with Crippen LogP contribution in [-0.4, -0.2) is 17.9 Å². The van der Waals surface area contributed by atoms with Crippen molar-refractivity contribution >= 4 is 23.2 Å². The second kappa shape index (κ2) is 5.15. The number of furan rings is 1. The van der Waals surface area contributed by atoms with Crippen molar-refractivity contribution in [2.75, 3.05) is 10.6 Å². The molecule has 0 radical (unpaired) electrons. The predicted molar refractivity (Wildman–Crippen MR) is 83.3 cm³/mol. The maximum absolute atomic E-state index is 12.3. The van der Waals surface area contributed by atoms with Gasteiger partial charge in [0.25, 0.3) is 5.91 Å². The highest BCUT2D eigenvalue weighted by Gasteiger charge is 2.45. The Bertz CT molecular complexity index is 769. The average molecular weight is 312 g/mol. The monoisotopic (exact) mass is 312 g/mol. The Morgan fingerprint density at radius 1 is 1.35 bits per heavy atom. The lowest BCUT2D eigenvalue weighted by molar-refractivity contribution is -0.122. The Labute approximate surface area is 132 Å². The summed E-state index contributed by atoms with van der Waals surface area (Å²) in [6.45, 7) is 1.69. The molecule has 1 aliphatic carbocycles. The summed E-state index contributed by atoms with van der Waals surface area (Å²) >= 11 is 0. The van der Waals surface area contributed by atoms with Crippen LogP contribution in [0.2, 0.25) is 0 Å². The zero-order valence-corrected chi connectivity index (χ0v) is 12.5. The molecule has 1 aromatic carbocycles. The maximum atomic E-state index is 12.3. The number of ether oxygens (including phenoxy) is 1. The topological polar surface area (TPSA) is 80.6 Å². The number of benzene rings is 1. The second-order valence-electron chi connectivity index (χ2n) is 5.91. The summed E-state index contributed by atoms with van der Waals surface area (Å²) in [4.78, 5) is 23.9. The summed E-state index contributed by atoms with van der Waals surface area (Å²) in [7, 11) is 0. The van der Waals surface area contributed by atoms with Crippen LogP contribution in [0.4, 0.5) is 11.4 Å². The molecule has 6 nitrogen and oxygen atoms in total. The van der Waals surface area contributed by atoms with E-state index < -0.39 is 6.10 Å². The van der Waals surface area contributed by atoms with Crippen molar-refractivity contribution in [1.29, 1.82) is 0 Å². The molecule has 1 saturated carbocycles. The number of fused-ring (bicyclic) bond motifs is 1. The molecule has 2 aromatic rings. The molecule has 23 heavy (non-hydrogen) atoms. The molecule has 3 atom stereocenters. The number of carbonyl (C=O) groups is 2. The first-order valence-corrected chi connectivity index (χ1v) is 7.57. The molecule has 0 spiro atoms. The number of carbonyl (C=O) groups excluding carboxylic acids is 2. The van der Waals surface area contributed by atoms with Crippen molar-refractivity contribution in [3.05, 3.63) is 42.4 Å². The van der Waals surface area contributed by atoms with Crippen LogP contribution >= 0.6 is 0 Å². The molecular weight excluding hydrogens is 296 g/mol. The lowest BCUT2D eigenvalue weighted by atomic mass is 10.2. The van der Waals surface area contributed by atoms with Crippen molar-refractivity contribution in [3.63, 3.8) is 0 Å². The second-order valence-corrected chi connectivity index (χ2v) is 5.91. The van der Waals surface area contributed by atoms with Crippen molar-refractivity contribution in [2.24, 2.45) is 5.92 Å². The van der Waals surface area contributed by atoms with Crippen LogP contribution in [-0.2, 0) is 9.59 Å². The zero-order chi connectivity index (χ0) is 16.0. The van der Waals surface area contributed by atoms with Crippen LogP contribution in [0.25, 0.3) is 0 Å². The van der Waals surface area contributed by atoms with Gasteiger partial charge in [-0.15, -0.1) is 0 Å². The van der Waals surface area contributed by atoms with E-state index in [1.165, 1.54) is 0 Å². The molecule has 2 N–H and O–H groups in total. The summed E-state index contributed by atoms with van der Waals surface area (Å²) in [6, 6.07) is 8.95. The number of hydrogen-bond donors (Lipinski definition) is 2. The summed E-state index contributed by atoms with van der Waals surface area (Å²) in [5.74, 6) is 1.32. The third kappa shape index (κ3) is 2.56. The zero-order valence-electron chi connectivity index (χ0n) is 12.5. The van der Waals surface area contributed by atoms with Crippen molar-refractivity contribution in [1.82, 2.24) is 0 Å². The van der Waals surface area contributed by atoms with Crippen LogP contribution < -0.4 is 15.4 Å². The molecule has 0 bridgehead atoms. The SMILES string of the molecule is CC1Oc2ccc(NC(=O)C3CC3c3ccco3)cc2NC1=O. The minimum absolute atomic E-state index is 0.0391. The summed E-state index contributed by atoms with van der Waals surface area (Å²) in [5.41, 5.74) is 1.21. The van der Waals surface area contributed by atoms with E-state index in [1.54, 1.807) is 31.4 Å². The number of anilines is 2. The normalized spacial score (nSPS) is 25.1. The number of hydrogen-bond acceptors (Lipinski definition) is 4. The van der Waals surface area contributed by atoms with Gasteiger partial charge in [0.05, 0.1) is 12.0 Å². The van der Waals surface area contributed by atoms with Gasteiger partial charge in [0.15, 0.2) is 6.10 Å². The van der Waals surface area contributed by atoms with E-state index in [1.807, 2.05) is 12.1 Å². The molecule has 3 unspecified atom stereocenters. The van der Waals surface area contributed by atoms with E-state index in [0.29, 0.717) is 17.1 Å². The first-order chi connectivity index (χ1) is 11.1. The van der Waals surface area contributed by atoms with Crippen molar-refractivity contribution in [3.8, 4) is 5.75 Å². The van der Waals surface area contributed by atoms with Crippen LogP contribution in [0.1, 0.15) is 25.0 Å². The van der Waals surface area contributed by atoms with Crippen molar-refractivity contribution < 1.29 is 18.7 Å². The maximum Gasteiger partial charge on any atom is 0.265 e. The molecule has 118 valence electrons. The minimum atomic E-state index is -0.511. The highest BCUT2D eigenvalue weighted by Crippen LogP contribution is 2.48. The van der Waals surface area contributed by atoms with Gasteiger partial charge < -0.3 is 19.8 Å². The number of amides is 2. The number of rotatable bonds is 3. The van der Waals surface area contributed by atoms with E-state index in [-0.39, 0.29) is 23.7 Å². The van der Waals surface area contributed by atoms with E-state index in [9.17, 15) is 9.59 Å². The Hall–Kier alpha value is -2.76. The van der Waals surface area contributed by atoms with E-state index in [2.05, 4.69) is 10.6 Å². The first kappa shape index (κ1) is 13.9. The average Bonchev–Trinajstić information content (AvgIpc) is 3.15. The molecule has 2 heterocycles. The molecule has 1 aromatic heterocycles. The third-order valence-corrected chi connectivity index (χ3v) is 4.21. The minimum Gasteiger partial charge on any atom is -0.479 e. The molecule has 1 aliphatic heterocycles. The fraction of sp³-hybridized carbons (Fsp3) is 0.294. The Morgan fingerprint density at radius 2 is 2.22 bits per heavy atom. The van der Waals surface area contributed by atoms with Gasteiger partial charge >= 0.3 is 0 Å². The predicted octanol–water partition coefficient (Wildman–Crippen LogP) is 2.74. The Kier molecular flexibility index (Phi) is 3.11. The summed E-state index contributed by atoms with van der Waals surface area (Å²) in [5, 5.41) is 5.65. The molecule has 6 heteroatoms. The fourth-order valence-corrected chi connectivity index (χ4v) is 2.82. The summed E-state index contributed by atoms with van der Waals surface area (Å²) < 4.78 is 10.8. The Morgan fingerprint density at radius 3 is 3.00 bits per heavy atom. The van der Waals surface area contributed by atoms with E-state index >= 15 is 0 Å². The van der Waals surface area contributed by atoms with E-state index in [0.717, 1.165) is 12.2 Å². The van der Waals surface area contributed by atoms with Gasteiger partial charge in [-0.05, 0) is 43.7 Å². The van der Waals surface area contributed by atoms with Crippen molar-refractivity contribution in [2.45, 2.75) is 25.4 Å². The van der Waals surface area contributed by atoms with Gasteiger partial charge in [-0.2, -0.15) is 0 Å². The number of nitrogens with one attached hydrogen (secondary N) is 2. The molecule has 1 fully saturated rings. The lowest BCUT2D eigenvalue weighted by Gasteiger charge is -2.23. The van der Waals surface area contributed by atoms with Gasteiger partial charge in [0.2, 0.25) is 5.91 Å². The molecule has 0 saturated heterocycles. The van der Waals surface area contributed by atoms with Gasteiger partial charge in [0.1, 0.15) is 11.5 Å². The van der Waals surface area contributed by atoms with Crippen LogP contribution in [0.5, 0.6) is 5.75 Å². The highest BCUT2D eigenvalue weighted by atomic mass is 16.5. The smallest absolute Gasteiger partial charge is 0.265 e. The highest BCUT2D eigenvalue weighted by molar-refractivity contribution is 6.00. The van der Waals surface area contributed by atoms with Crippen LogP contribution in [0, 0.1) is 5.92 Å². The van der Waals surface area contributed by atoms with E-state index in [4.69, 9.17) is 9.15 Å². The quantitative estimate of drug-likeness (QED) is 0.913. The Balaban J connectivity index is 1.45. The van der Waals surface area contributed by atoms with Gasteiger partial charge in [-0.3, -0.25) is 9.59 Å². The largest absolute Gasteiger partial charge is 0.479 e. The molecule has 4 rings (SSSR count). The third-order valence-electron chi connectivity index (χ3n) is 4.21. The molecule has 2 amide bonds. The first-order valence-electron chi connectivity index (χ1n) is 7.57. The van der Waals surface area contributed by atoms with Gasteiger partial charge in [-0.25, -0.2) is 0 Å². The van der Waals surface area contributed by atoms with Gasteiger partial charge in [0, 0.05) is 17.5 Å². The molecule has 2 aliphatic rings. The van der Waals surface area contributed by atoms with Crippen LogP contribution in [0.15, 0.2) is 41.0 Å². The lowest BCUT2D eigenvalue weighted by Crippen LogP contribution is -2.34. The summed E-state index contributed by atoms with van der Waals surface area (Å²) in [6.07, 6.45) is 1.90. The van der Waals surface area contributed by atoms with Crippen LogP contribution in [0.3, 0.4) is 0 Å². The molecular formula is C17H16N2O4. The van der Waals surface area contributed by atoms with Gasteiger partial charge in [-0.1, -0.05) is 0 Å². The fourth-order valence-electron chi connectivity index (χ4n) is 2.82.